The van der Waals surface area contributed by atoms with Gasteiger partial charge in [0, 0.05) is 26.2 Å². The number of nitrogens with zero attached hydrogens (tertiary/aromatic N) is 6. The van der Waals surface area contributed by atoms with Crippen LogP contribution < -0.4 is 21.5 Å². The monoisotopic (exact) mass is 531 g/mol. The summed E-state index contributed by atoms with van der Waals surface area (Å²) in [5, 5.41) is 12.4. The van der Waals surface area contributed by atoms with Crippen LogP contribution in [0.3, 0.4) is 0 Å². The lowest BCUT2D eigenvalue weighted by atomic mass is 10.1. The number of carbonyl (C=O) groups is 1. The van der Waals surface area contributed by atoms with E-state index >= 15 is 0 Å². The summed E-state index contributed by atoms with van der Waals surface area (Å²) >= 11 is 0. The Balaban J connectivity index is 1.77. The number of nitrogens with one attached hydrogen (secondary N) is 1. The maximum Gasteiger partial charge on any atom is 0.407 e. The van der Waals surface area contributed by atoms with E-state index in [9.17, 15) is 19.6 Å². The van der Waals surface area contributed by atoms with Crippen LogP contribution >= 0.6 is 0 Å². The molecule has 0 spiro atoms. The van der Waals surface area contributed by atoms with Gasteiger partial charge in [0.15, 0.2) is 11.2 Å². The molecule has 204 valence electrons. The first kappa shape index (κ1) is 27.5. The molecule has 4 rings (SSSR count). The molecule has 1 aliphatic rings. The van der Waals surface area contributed by atoms with E-state index in [1.165, 1.54) is 4.57 Å². The average molecular weight is 532 g/mol. The number of rotatable bonds is 5. The van der Waals surface area contributed by atoms with Crippen molar-refractivity contribution in [3.8, 4) is 17.9 Å². The van der Waals surface area contributed by atoms with E-state index in [1.807, 2.05) is 25.7 Å². The van der Waals surface area contributed by atoms with Crippen molar-refractivity contribution in [1.82, 2.24) is 24.0 Å². The molecule has 1 amide bonds. The number of ether oxygens (including phenoxy) is 1. The van der Waals surface area contributed by atoms with E-state index in [2.05, 4.69) is 23.2 Å². The summed E-state index contributed by atoms with van der Waals surface area (Å²) in [5.74, 6) is 6.39. The highest BCUT2D eigenvalue weighted by Crippen LogP contribution is 2.24. The van der Waals surface area contributed by atoms with Crippen molar-refractivity contribution >= 4 is 23.2 Å². The van der Waals surface area contributed by atoms with Gasteiger partial charge in [0.2, 0.25) is 5.95 Å². The maximum absolute atomic E-state index is 13.8. The van der Waals surface area contributed by atoms with Crippen LogP contribution in [0.15, 0.2) is 33.9 Å². The number of imidazole rings is 1. The lowest BCUT2D eigenvalue weighted by Crippen LogP contribution is -2.49. The number of carbonyl (C=O) groups excluding carboxylic acids is 1. The average Bonchev–Trinajstić information content (AvgIpc) is 3.27. The third-order valence-corrected chi connectivity index (χ3v) is 6.52. The maximum atomic E-state index is 13.8. The van der Waals surface area contributed by atoms with Gasteiger partial charge in [-0.25, -0.2) is 9.59 Å². The van der Waals surface area contributed by atoms with Crippen LogP contribution in [0.2, 0.25) is 0 Å². The molecule has 1 saturated heterocycles. The smallest absolute Gasteiger partial charge is 0.407 e. The third-order valence-electron chi connectivity index (χ3n) is 6.52. The van der Waals surface area contributed by atoms with Gasteiger partial charge in [-0.3, -0.25) is 18.5 Å². The van der Waals surface area contributed by atoms with Gasteiger partial charge in [0.25, 0.3) is 5.56 Å². The molecule has 0 aliphatic carbocycles. The molecule has 0 radical (unpaired) electrons. The summed E-state index contributed by atoms with van der Waals surface area (Å²) in [5.41, 5.74) is -0.154. The number of alkyl carbamates (subject to hydrolysis) is 1. The quantitative estimate of drug-likeness (QED) is 0.501. The molecule has 3 aromatic rings. The van der Waals surface area contributed by atoms with Gasteiger partial charge < -0.3 is 15.0 Å². The molecule has 1 fully saturated rings. The topological polar surface area (TPSA) is 127 Å². The fourth-order valence-corrected chi connectivity index (χ4v) is 4.74. The molecule has 2 aromatic heterocycles. The zero-order chi connectivity index (χ0) is 28.3. The molecule has 0 saturated carbocycles. The van der Waals surface area contributed by atoms with E-state index in [-0.39, 0.29) is 30.3 Å². The van der Waals surface area contributed by atoms with Crippen molar-refractivity contribution in [3.63, 3.8) is 0 Å². The zero-order valence-electron chi connectivity index (χ0n) is 22.9. The first-order valence-corrected chi connectivity index (χ1v) is 12.9. The minimum atomic E-state index is -0.607. The first-order valence-electron chi connectivity index (χ1n) is 12.9. The number of amides is 1. The van der Waals surface area contributed by atoms with Crippen LogP contribution in [-0.4, -0.2) is 49.5 Å². The molecule has 11 heteroatoms. The fourth-order valence-electron chi connectivity index (χ4n) is 4.74. The van der Waals surface area contributed by atoms with Crippen molar-refractivity contribution in [2.24, 2.45) is 7.05 Å². The molecule has 1 aliphatic heterocycles. The Morgan fingerprint density at radius 2 is 1.97 bits per heavy atom. The van der Waals surface area contributed by atoms with E-state index < -0.39 is 22.9 Å². The number of nitriles is 1. The van der Waals surface area contributed by atoms with E-state index in [4.69, 9.17) is 9.72 Å². The minimum absolute atomic E-state index is 0.0449. The molecule has 1 N–H and O–H groups in total. The number of aromatic nitrogens is 4. The summed E-state index contributed by atoms with van der Waals surface area (Å²) in [4.78, 5) is 46.2. The third kappa shape index (κ3) is 5.83. The number of fused-ring (bicyclic) bond motifs is 1. The molecular weight excluding hydrogens is 498 g/mol. The Morgan fingerprint density at radius 3 is 2.67 bits per heavy atom. The Morgan fingerprint density at radius 1 is 1.23 bits per heavy atom. The normalized spacial score (nSPS) is 15.4. The molecule has 0 bridgehead atoms. The SMILES string of the molecule is CC#CCn1c(N2CCC[C@@H](NC(=O)OC(C)(C)C)C2)nc2c1c(=O)n(Cc1ccccc1C#N)c(=O)n2C. The second-order valence-corrected chi connectivity index (χ2v) is 10.5. The van der Waals surface area contributed by atoms with Crippen molar-refractivity contribution in [2.75, 3.05) is 18.0 Å². The number of aryl methyl sites for hydroxylation is 1. The van der Waals surface area contributed by atoms with Gasteiger partial charge in [-0.05, 0) is 52.2 Å². The first-order chi connectivity index (χ1) is 18.5. The fraction of sp³-hybridized carbons (Fsp3) is 0.464. The van der Waals surface area contributed by atoms with Crippen LogP contribution in [0.1, 0.15) is 51.7 Å². The summed E-state index contributed by atoms with van der Waals surface area (Å²) in [7, 11) is 1.58. The second-order valence-electron chi connectivity index (χ2n) is 10.5. The van der Waals surface area contributed by atoms with E-state index in [0.29, 0.717) is 30.2 Å². The predicted molar refractivity (Wildman–Crippen MR) is 148 cm³/mol. The number of benzene rings is 1. The van der Waals surface area contributed by atoms with Crippen molar-refractivity contribution in [1.29, 1.82) is 5.26 Å². The molecule has 0 unspecified atom stereocenters. The summed E-state index contributed by atoms with van der Waals surface area (Å²) < 4.78 is 9.63. The Kier molecular flexibility index (Phi) is 7.82. The van der Waals surface area contributed by atoms with E-state index in [0.717, 1.165) is 17.4 Å². The Labute approximate surface area is 226 Å². The summed E-state index contributed by atoms with van der Waals surface area (Å²) in [6.45, 7) is 8.43. The number of hydrogen-bond acceptors (Lipinski definition) is 7. The summed E-state index contributed by atoms with van der Waals surface area (Å²) in [6, 6.07) is 8.82. The lowest BCUT2D eigenvalue weighted by Gasteiger charge is -2.34. The summed E-state index contributed by atoms with van der Waals surface area (Å²) in [6.07, 6.45) is 1.08. The van der Waals surface area contributed by atoms with E-state index in [1.54, 1.807) is 42.8 Å². The van der Waals surface area contributed by atoms with Crippen LogP contribution in [0.25, 0.3) is 11.2 Å². The lowest BCUT2D eigenvalue weighted by molar-refractivity contribution is 0.0499. The number of hydrogen-bond donors (Lipinski definition) is 1. The molecule has 3 heterocycles. The molecule has 1 atom stereocenters. The highest BCUT2D eigenvalue weighted by atomic mass is 16.6. The zero-order valence-corrected chi connectivity index (χ0v) is 22.9. The van der Waals surface area contributed by atoms with Gasteiger partial charge in [0.1, 0.15) is 5.60 Å². The second kappa shape index (κ2) is 11.1. The standard InChI is InChI=1S/C28H33N7O4/c1-6-7-15-34-22-23(31-25(34)33-14-10-13-21(18-33)30-26(37)39-28(2,3)4)32(5)27(38)35(24(22)36)17-20-12-9-8-11-19(20)16-29/h8-9,11-12,21H,10,13-15,17-18H2,1-5H3,(H,30,37)/t21-/m1/s1. The Hall–Kier alpha value is -4.51. The van der Waals surface area contributed by atoms with Crippen LogP contribution in [0.4, 0.5) is 10.7 Å². The number of piperidine rings is 1. The van der Waals surface area contributed by atoms with Crippen LogP contribution in [0, 0.1) is 23.2 Å². The van der Waals surface area contributed by atoms with Crippen LogP contribution in [0.5, 0.6) is 0 Å². The van der Waals surface area contributed by atoms with Gasteiger partial charge in [-0.15, -0.1) is 5.92 Å². The highest BCUT2D eigenvalue weighted by Gasteiger charge is 2.29. The van der Waals surface area contributed by atoms with Gasteiger partial charge in [0.05, 0.1) is 24.7 Å². The highest BCUT2D eigenvalue weighted by molar-refractivity contribution is 5.75. The van der Waals surface area contributed by atoms with Gasteiger partial charge >= 0.3 is 11.8 Å². The van der Waals surface area contributed by atoms with Crippen molar-refractivity contribution in [2.45, 2.75) is 65.3 Å². The van der Waals surface area contributed by atoms with Crippen molar-refractivity contribution in [3.05, 3.63) is 56.2 Å². The van der Waals surface area contributed by atoms with Crippen LogP contribution in [-0.2, 0) is 24.9 Å². The molecule has 39 heavy (non-hydrogen) atoms. The largest absolute Gasteiger partial charge is 0.444 e. The Bertz CT molecular complexity index is 1620. The molecule has 1 aromatic carbocycles. The van der Waals surface area contributed by atoms with Crippen molar-refractivity contribution < 1.29 is 9.53 Å². The van der Waals surface area contributed by atoms with Gasteiger partial charge in [-0.2, -0.15) is 10.2 Å². The number of anilines is 1. The van der Waals surface area contributed by atoms with Gasteiger partial charge in [-0.1, -0.05) is 24.1 Å². The minimum Gasteiger partial charge on any atom is -0.444 e. The predicted octanol–water partition coefficient (Wildman–Crippen LogP) is 2.33. The molecular formula is C28H33N7O4. The molecule has 11 nitrogen and oxygen atoms in total.